The molecule has 0 radical (unpaired) electrons. The number of aromatic nitrogens is 5. The molecule has 4 aromatic rings. The predicted molar refractivity (Wildman–Crippen MR) is 163 cm³/mol. The van der Waals surface area contributed by atoms with E-state index in [1.807, 2.05) is 64.4 Å². The molecule has 2 amide bonds. The second kappa shape index (κ2) is 12.3. The number of nitrogens with zero attached hydrogens (tertiary/aromatic N) is 5. The summed E-state index contributed by atoms with van der Waals surface area (Å²) in [6.45, 7) is 10.5. The second-order valence-electron chi connectivity index (χ2n) is 11.8. The molecule has 2 bridgehead atoms. The minimum Gasteiger partial charge on any atom is -0.489 e. The lowest BCUT2D eigenvalue weighted by molar-refractivity contribution is 0.0494. The maximum atomic E-state index is 13.6. The van der Waals surface area contributed by atoms with Crippen molar-refractivity contribution in [2.24, 2.45) is 7.05 Å². The van der Waals surface area contributed by atoms with Gasteiger partial charge in [0, 0.05) is 24.8 Å². The van der Waals surface area contributed by atoms with Crippen LogP contribution in [0.1, 0.15) is 63.0 Å². The van der Waals surface area contributed by atoms with Crippen LogP contribution in [0.3, 0.4) is 0 Å². The molecule has 12 heteroatoms. The number of pyridine rings is 1. The van der Waals surface area contributed by atoms with Gasteiger partial charge in [-0.3, -0.25) is 15.1 Å². The van der Waals surface area contributed by atoms with E-state index < -0.39 is 11.7 Å². The average Bonchev–Trinajstić information content (AvgIpc) is 3.47. The lowest BCUT2D eigenvalue weighted by Gasteiger charge is -2.22. The van der Waals surface area contributed by atoms with Crippen LogP contribution in [0.2, 0.25) is 0 Å². The molecule has 1 aromatic carbocycles. The summed E-state index contributed by atoms with van der Waals surface area (Å²) in [6, 6.07) is 8.80. The van der Waals surface area contributed by atoms with Crippen molar-refractivity contribution in [3.63, 3.8) is 0 Å². The van der Waals surface area contributed by atoms with Crippen LogP contribution in [0.5, 0.6) is 11.6 Å². The van der Waals surface area contributed by atoms with Crippen LogP contribution >= 0.6 is 0 Å². The van der Waals surface area contributed by atoms with E-state index in [1.165, 1.54) is 0 Å². The van der Waals surface area contributed by atoms with E-state index in [9.17, 15) is 9.59 Å². The number of ether oxygens (including phenoxy) is 3. The molecule has 0 fully saturated rings. The van der Waals surface area contributed by atoms with Gasteiger partial charge < -0.3 is 24.1 Å². The van der Waals surface area contributed by atoms with E-state index in [0.29, 0.717) is 53.2 Å². The summed E-state index contributed by atoms with van der Waals surface area (Å²) in [6.07, 6.45) is 3.77. The Bertz CT molecular complexity index is 1640. The van der Waals surface area contributed by atoms with Gasteiger partial charge in [0.25, 0.3) is 5.91 Å². The number of alkyl carbamates (subject to hydrolysis) is 1. The highest BCUT2D eigenvalue weighted by Gasteiger charge is 2.22. The Hall–Kier alpha value is -4.61. The van der Waals surface area contributed by atoms with E-state index in [1.54, 1.807) is 23.0 Å². The zero-order valence-electron chi connectivity index (χ0n) is 25.6. The van der Waals surface area contributed by atoms with E-state index in [0.717, 1.165) is 30.3 Å². The lowest BCUT2D eigenvalue weighted by atomic mass is 10.1. The summed E-state index contributed by atoms with van der Waals surface area (Å²) >= 11 is 0. The number of rotatable bonds is 4. The number of nitrogens with one attached hydrogen (secondary N) is 2. The van der Waals surface area contributed by atoms with Crippen molar-refractivity contribution in [3.8, 4) is 22.9 Å². The molecule has 1 aliphatic heterocycles. The molecule has 12 nitrogen and oxygen atoms in total. The number of hydrogen-bond acceptors (Lipinski definition) is 8. The number of carbonyl (C=O) groups is 2. The molecule has 0 spiro atoms. The van der Waals surface area contributed by atoms with Crippen LogP contribution in [0, 0.1) is 6.92 Å². The highest BCUT2D eigenvalue weighted by Crippen LogP contribution is 2.32. The van der Waals surface area contributed by atoms with Crippen molar-refractivity contribution in [2.75, 3.05) is 18.5 Å². The third-order valence-corrected chi connectivity index (χ3v) is 6.85. The molecule has 228 valence electrons. The largest absolute Gasteiger partial charge is 0.489 e. The molecular weight excluding hydrogens is 550 g/mol. The summed E-state index contributed by atoms with van der Waals surface area (Å²) in [4.78, 5) is 35.2. The molecule has 0 aliphatic carbocycles. The first-order valence-corrected chi connectivity index (χ1v) is 14.6. The third kappa shape index (κ3) is 7.07. The summed E-state index contributed by atoms with van der Waals surface area (Å²) in [5, 5.41) is 10.2. The lowest BCUT2D eigenvalue weighted by Crippen LogP contribution is -2.40. The van der Waals surface area contributed by atoms with E-state index >= 15 is 0 Å². The van der Waals surface area contributed by atoms with Gasteiger partial charge in [-0.05, 0) is 78.1 Å². The Morgan fingerprint density at radius 2 is 2.00 bits per heavy atom. The van der Waals surface area contributed by atoms with Crippen LogP contribution in [-0.2, 0) is 18.3 Å². The second-order valence-corrected chi connectivity index (χ2v) is 11.8. The summed E-state index contributed by atoms with van der Waals surface area (Å²) in [5.74, 6) is 1.35. The summed E-state index contributed by atoms with van der Waals surface area (Å²) < 4.78 is 21.4. The number of para-hydroxylation sites is 1. The van der Waals surface area contributed by atoms with Crippen molar-refractivity contribution in [1.29, 1.82) is 0 Å². The minimum absolute atomic E-state index is 0.219. The first-order valence-electron chi connectivity index (χ1n) is 14.6. The van der Waals surface area contributed by atoms with Gasteiger partial charge in [0.05, 0.1) is 35.6 Å². The molecule has 0 saturated carbocycles. The normalized spacial score (nSPS) is 14.8. The third-order valence-electron chi connectivity index (χ3n) is 6.85. The average molecular weight is 590 g/mol. The topological polar surface area (TPSA) is 134 Å². The summed E-state index contributed by atoms with van der Waals surface area (Å²) in [7, 11) is 1.83. The first-order chi connectivity index (χ1) is 20.5. The van der Waals surface area contributed by atoms with Gasteiger partial charge in [-0.25, -0.2) is 14.5 Å². The number of benzene rings is 1. The van der Waals surface area contributed by atoms with Gasteiger partial charge in [0.1, 0.15) is 23.5 Å². The molecule has 43 heavy (non-hydrogen) atoms. The van der Waals surface area contributed by atoms with Gasteiger partial charge in [-0.1, -0.05) is 6.07 Å². The van der Waals surface area contributed by atoms with Crippen molar-refractivity contribution < 1.29 is 23.8 Å². The molecule has 5 rings (SSSR count). The van der Waals surface area contributed by atoms with Gasteiger partial charge in [-0.15, -0.1) is 0 Å². The predicted octanol–water partition coefficient (Wildman–Crippen LogP) is 5.25. The Balaban J connectivity index is 1.44. The number of hydrogen-bond donors (Lipinski definition) is 2. The van der Waals surface area contributed by atoms with Crippen LogP contribution in [0.15, 0.2) is 36.5 Å². The van der Waals surface area contributed by atoms with Crippen molar-refractivity contribution in [1.82, 2.24) is 29.6 Å². The number of anilines is 1. The Labute approximate surface area is 250 Å². The fraction of sp³-hybridized carbons (Fsp3) is 0.452. The van der Waals surface area contributed by atoms with Crippen molar-refractivity contribution >= 4 is 29.0 Å². The van der Waals surface area contributed by atoms with Gasteiger partial charge >= 0.3 is 6.09 Å². The molecule has 1 atom stereocenters. The first kappa shape index (κ1) is 29.9. The SMILES string of the molecule is Cc1cc2cc(n1)-c1cnn(C)c1OCCCCCn1c(nc3cccc(OC[C@@H](C)NC(=O)OC(C)(C)C)c31)NC2=O. The number of amides is 2. The van der Waals surface area contributed by atoms with Crippen LogP contribution < -0.4 is 20.1 Å². The number of carbonyl (C=O) groups excluding carboxylic acids is 2. The van der Waals surface area contributed by atoms with Gasteiger partial charge in [0.15, 0.2) is 0 Å². The van der Waals surface area contributed by atoms with E-state index in [4.69, 9.17) is 19.2 Å². The zero-order chi connectivity index (χ0) is 30.7. The fourth-order valence-corrected chi connectivity index (χ4v) is 4.95. The zero-order valence-corrected chi connectivity index (χ0v) is 25.6. The van der Waals surface area contributed by atoms with Crippen LogP contribution in [0.25, 0.3) is 22.3 Å². The Morgan fingerprint density at radius 1 is 1.19 bits per heavy atom. The van der Waals surface area contributed by atoms with Crippen molar-refractivity contribution in [2.45, 2.75) is 72.1 Å². The smallest absolute Gasteiger partial charge is 0.407 e. The Morgan fingerprint density at radius 3 is 2.79 bits per heavy atom. The number of fused-ring (bicyclic) bond motifs is 7. The van der Waals surface area contributed by atoms with Crippen LogP contribution in [0.4, 0.5) is 10.7 Å². The van der Waals surface area contributed by atoms with E-state index in [2.05, 4.69) is 20.7 Å². The van der Waals surface area contributed by atoms with Crippen LogP contribution in [-0.4, -0.2) is 61.2 Å². The fourth-order valence-electron chi connectivity index (χ4n) is 4.95. The Kier molecular flexibility index (Phi) is 8.56. The van der Waals surface area contributed by atoms with Crippen molar-refractivity contribution in [3.05, 3.63) is 47.8 Å². The minimum atomic E-state index is -0.592. The highest BCUT2D eigenvalue weighted by atomic mass is 16.6. The quantitative estimate of drug-likeness (QED) is 0.330. The monoisotopic (exact) mass is 589 g/mol. The molecule has 0 saturated heterocycles. The maximum absolute atomic E-state index is 13.6. The number of aryl methyl sites for hydroxylation is 3. The molecule has 2 N–H and O–H groups in total. The maximum Gasteiger partial charge on any atom is 0.407 e. The highest BCUT2D eigenvalue weighted by molar-refractivity contribution is 6.05. The standard InChI is InChI=1S/C31H39N7O5/c1-19-15-21-16-24(33-19)22-17-32-37(6)28(22)41-14-9-7-8-13-38-26-23(35-29(38)36-27(21)39)11-10-12-25(26)42-18-20(2)34-30(40)43-31(3,4)5/h10-12,15-17,20H,7-9,13-14,18H2,1-6H3,(H,34,40)(H,35,36,39)/t20-/m1/s1. The summed E-state index contributed by atoms with van der Waals surface area (Å²) in [5.41, 5.74) is 3.36. The van der Waals surface area contributed by atoms with E-state index in [-0.39, 0.29) is 18.6 Å². The van der Waals surface area contributed by atoms with Gasteiger partial charge in [0.2, 0.25) is 11.8 Å². The molecular formula is C31H39N7O5. The molecule has 0 unspecified atom stereocenters. The molecule has 3 aromatic heterocycles. The molecule has 1 aliphatic rings. The number of imidazole rings is 1. The molecule has 4 heterocycles. The van der Waals surface area contributed by atoms with Gasteiger partial charge in [-0.2, -0.15) is 5.10 Å².